The fraction of sp³-hybridized carbons (Fsp3) is 0.458. The fourth-order valence-corrected chi connectivity index (χ4v) is 5.59. The van der Waals surface area contributed by atoms with Gasteiger partial charge in [0, 0.05) is 12.6 Å². The van der Waals surface area contributed by atoms with Gasteiger partial charge in [0.2, 0.25) is 0 Å². The largest absolute Gasteiger partial charge is 0.493 e. The normalized spacial score (nSPS) is 18.1. The first kappa shape index (κ1) is 23.9. The third-order valence-electron chi connectivity index (χ3n) is 5.87. The minimum Gasteiger partial charge on any atom is -0.493 e. The van der Waals surface area contributed by atoms with Crippen LogP contribution in [0.25, 0.3) is 0 Å². The number of carbonyl (C=O) groups excluding carboxylic acids is 1. The third kappa shape index (κ3) is 5.54. The van der Waals surface area contributed by atoms with Crippen LogP contribution in [0.1, 0.15) is 30.0 Å². The lowest BCUT2D eigenvalue weighted by Gasteiger charge is -2.31. The van der Waals surface area contributed by atoms with Crippen LogP contribution in [0, 0.1) is 13.8 Å². The molecule has 7 nitrogen and oxygen atoms in total. The van der Waals surface area contributed by atoms with Gasteiger partial charge in [-0.1, -0.05) is 12.1 Å². The second kappa shape index (κ2) is 9.81. The highest BCUT2D eigenvalue weighted by Gasteiger charge is 2.36. The molecule has 8 heteroatoms. The van der Waals surface area contributed by atoms with Gasteiger partial charge in [0.25, 0.3) is 5.91 Å². The van der Waals surface area contributed by atoms with Gasteiger partial charge in [-0.3, -0.25) is 4.79 Å². The van der Waals surface area contributed by atoms with E-state index in [1.807, 2.05) is 38.1 Å². The maximum atomic E-state index is 13.4. The monoisotopic (exact) mass is 461 g/mol. The zero-order valence-corrected chi connectivity index (χ0v) is 20.1. The van der Waals surface area contributed by atoms with Crippen molar-refractivity contribution in [3.8, 4) is 17.2 Å². The van der Waals surface area contributed by atoms with Crippen LogP contribution in [-0.2, 0) is 21.2 Å². The van der Waals surface area contributed by atoms with E-state index in [0.717, 1.165) is 16.7 Å². The van der Waals surface area contributed by atoms with Gasteiger partial charge in [0.05, 0.1) is 25.7 Å². The van der Waals surface area contributed by atoms with Gasteiger partial charge < -0.3 is 19.1 Å². The number of benzene rings is 2. The Morgan fingerprint density at radius 2 is 1.78 bits per heavy atom. The van der Waals surface area contributed by atoms with Gasteiger partial charge in [-0.2, -0.15) is 0 Å². The molecule has 0 N–H and O–H groups in total. The molecule has 0 aromatic heterocycles. The summed E-state index contributed by atoms with van der Waals surface area (Å²) in [7, 11) is -0.0569. The number of sulfone groups is 1. The summed E-state index contributed by atoms with van der Waals surface area (Å²) in [5, 5.41) is 0. The Balaban J connectivity index is 1.85. The van der Waals surface area contributed by atoms with E-state index in [2.05, 4.69) is 0 Å². The van der Waals surface area contributed by atoms with E-state index in [-0.39, 0.29) is 24.0 Å². The van der Waals surface area contributed by atoms with E-state index in [9.17, 15) is 13.2 Å². The average molecular weight is 462 g/mol. The van der Waals surface area contributed by atoms with Crippen LogP contribution >= 0.6 is 0 Å². The van der Waals surface area contributed by atoms with Gasteiger partial charge in [-0.05, 0) is 68.1 Å². The van der Waals surface area contributed by atoms with Crippen molar-refractivity contribution in [2.24, 2.45) is 0 Å². The molecule has 0 aliphatic carbocycles. The SMILES string of the molecule is COc1ccc(CN(C(=O)C(C)Oc2ccc(C)c(C)c2)C2CCS(=O)(=O)C2)cc1OC. The minimum atomic E-state index is -3.16. The molecule has 2 aromatic carbocycles. The van der Waals surface area contributed by atoms with Gasteiger partial charge >= 0.3 is 0 Å². The molecule has 2 unspecified atom stereocenters. The first-order valence-electron chi connectivity index (χ1n) is 10.6. The highest BCUT2D eigenvalue weighted by atomic mass is 32.2. The Morgan fingerprint density at radius 1 is 1.06 bits per heavy atom. The van der Waals surface area contributed by atoms with Crippen molar-refractivity contribution < 1.29 is 27.4 Å². The number of aryl methyl sites for hydroxylation is 2. The molecular formula is C24H31NO6S. The molecule has 0 saturated carbocycles. The number of hydrogen-bond acceptors (Lipinski definition) is 6. The second-order valence-electron chi connectivity index (χ2n) is 8.22. The number of amides is 1. The van der Waals surface area contributed by atoms with E-state index in [4.69, 9.17) is 14.2 Å². The van der Waals surface area contributed by atoms with Crippen LogP contribution in [0.15, 0.2) is 36.4 Å². The first-order valence-corrected chi connectivity index (χ1v) is 12.4. The summed E-state index contributed by atoms with van der Waals surface area (Å²) in [6, 6.07) is 10.7. The van der Waals surface area contributed by atoms with Crippen molar-refractivity contribution in [1.82, 2.24) is 4.90 Å². The van der Waals surface area contributed by atoms with Gasteiger partial charge in [-0.15, -0.1) is 0 Å². The summed E-state index contributed by atoms with van der Waals surface area (Å²) in [6.07, 6.45) is -0.349. The maximum absolute atomic E-state index is 13.4. The lowest BCUT2D eigenvalue weighted by Crippen LogP contribution is -2.46. The number of methoxy groups -OCH3 is 2. The first-order chi connectivity index (χ1) is 15.1. The van der Waals surface area contributed by atoms with Gasteiger partial charge in [-0.25, -0.2) is 8.42 Å². The molecule has 174 valence electrons. The van der Waals surface area contributed by atoms with Crippen LogP contribution in [-0.4, -0.2) is 57.1 Å². The Kier molecular flexibility index (Phi) is 7.33. The molecule has 1 aliphatic rings. The minimum absolute atomic E-state index is 0.0393. The molecule has 1 fully saturated rings. The summed E-state index contributed by atoms with van der Waals surface area (Å²) < 4.78 is 40.9. The van der Waals surface area contributed by atoms with Gasteiger partial charge in [0.15, 0.2) is 27.4 Å². The zero-order valence-electron chi connectivity index (χ0n) is 19.3. The number of hydrogen-bond donors (Lipinski definition) is 0. The molecule has 2 aromatic rings. The van der Waals surface area contributed by atoms with Gasteiger partial charge in [0.1, 0.15) is 5.75 Å². The lowest BCUT2D eigenvalue weighted by atomic mass is 10.1. The Hall–Kier alpha value is -2.74. The van der Waals surface area contributed by atoms with E-state index in [1.165, 1.54) is 0 Å². The molecule has 1 aliphatic heterocycles. The molecule has 0 spiro atoms. The second-order valence-corrected chi connectivity index (χ2v) is 10.4. The van der Waals surface area contributed by atoms with E-state index in [0.29, 0.717) is 23.7 Å². The molecule has 0 radical (unpaired) electrons. The smallest absolute Gasteiger partial charge is 0.263 e. The topological polar surface area (TPSA) is 82.1 Å². The summed E-state index contributed by atoms with van der Waals surface area (Å²) in [5.41, 5.74) is 3.03. The van der Waals surface area contributed by atoms with Crippen LogP contribution in [0.3, 0.4) is 0 Å². The summed E-state index contributed by atoms with van der Waals surface area (Å²) >= 11 is 0. The Bertz CT molecular complexity index is 1080. The predicted octanol–water partition coefficient (Wildman–Crippen LogP) is 3.30. The summed E-state index contributed by atoms with van der Waals surface area (Å²) in [5.74, 6) is 1.54. The highest BCUT2D eigenvalue weighted by Crippen LogP contribution is 2.29. The average Bonchev–Trinajstić information content (AvgIpc) is 3.13. The van der Waals surface area contributed by atoms with Crippen molar-refractivity contribution >= 4 is 15.7 Å². The van der Waals surface area contributed by atoms with Crippen LogP contribution in [0.5, 0.6) is 17.2 Å². The fourth-order valence-electron chi connectivity index (χ4n) is 3.86. The van der Waals surface area contributed by atoms with E-state index in [1.54, 1.807) is 38.2 Å². The standard InChI is InChI=1S/C24H31NO6S/c1-16-6-8-21(12-17(16)2)31-18(3)24(26)25(20-10-11-32(27,28)15-20)14-19-7-9-22(29-4)23(13-19)30-5/h6-9,12-13,18,20H,10-11,14-15H2,1-5H3. The van der Waals surface area contributed by atoms with Crippen molar-refractivity contribution in [3.05, 3.63) is 53.1 Å². The van der Waals surface area contributed by atoms with Crippen LogP contribution < -0.4 is 14.2 Å². The van der Waals surface area contributed by atoms with Crippen LogP contribution in [0.4, 0.5) is 0 Å². The maximum Gasteiger partial charge on any atom is 0.263 e. The molecule has 2 atom stereocenters. The number of rotatable bonds is 8. The van der Waals surface area contributed by atoms with E-state index >= 15 is 0 Å². The molecule has 3 rings (SSSR count). The third-order valence-corrected chi connectivity index (χ3v) is 7.62. The molecule has 1 heterocycles. The highest BCUT2D eigenvalue weighted by molar-refractivity contribution is 7.91. The van der Waals surface area contributed by atoms with Crippen LogP contribution in [0.2, 0.25) is 0 Å². The lowest BCUT2D eigenvalue weighted by molar-refractivity contribution is -0.140. The quantitative estimate of drug-likeness (QED) is 0.600. The van der Waals surface area contributed by atoms with Crippen molar-refractivity contribution in [2.75, 3.05) is 25.7 Å². The molecule has 1 amide bonds. The van der Waals surface area contributed by atoms with Crippen molar-refractivity contribution in [3.63, 3.8) is 0 Å². The Labute approximate surface area is 190 Å². The van der Waals surface area contributed by atoms with E-state index < -0.39 is 22.0 Å². The number of ether oxygens (including phenoxy) is 3. The zero-order chi connectivity index (χ0) is 23.5. The summed E-state index contributed by atoms with van der Waals surface area (Å²) in [6.45, 7) is 5.95. The molecule has 1 saturated heterocycles. The number of nitrogens with zero attached hydrogens (tertiary/aromatic N) is 1. The number of carbonyl (C=O) groups is 1. The van der Waals surface area contributed by atoms with Crippen molar-refractivity contribution in [1.29, 1.82) is 0 Å². The molecule has 0 bridgehead atoms. The summed E-state index contributed by atoms with van der Waals surface area (Å²) in [4.78, 5) is 15.1. The van der Waals surface area contributed by atoms with Crippen molar-refractivity contribution in [2.45, 2.75) is 45.9 Å². The molecule has 32 heavy (non-hydrogen) atoms. The Morgan fingerprint density at radius 3 is 2.38 bits per heavy atom. The molecular weight excluding hydrogens is 430 g/mol. The predicted molar refractivity (Wildman–Crippen MR) is 123 cm³/mol.